The normalized spacial score (nSPS) is 9.83. The second kappa shape index (κ2) is 5.18. The van der Waals surface area contributed by atoms with Crippen LogP contribution in [0.15, 0.2) is 48.5 Å². The molecule has 2 aromatic carbocycles. The van der Waals surface area contributed by atoms with Crippen LogP contribution >= 0.6 is 0 Å². The number of nitro benzene ring substituents is 1. The fourth-order valence-electron chi connectivity index (χ4n) is 1.49. The molecule has 1 N–H and O–H groups in total. The van der Waals surface area contributed by atoms with Crippen molar-refractivity contribution in [2.45, 2.75) is 0 Å². The van der Waals surface area contributed by atoms with Crippen molar-refractivity contribution in [2.75, 3.05) is 12.4 Å². The summed E-state index contributed by atoms with van der Waals surface area (Å²) in [6.07, 6.45) is 0. The van der Waals surface area contributed by atoms with Gasteiger partial charge in [0.25, 0.3) is 5.69 Å². The largest absolute Gasteiger partial charge is 0.457 e. The molecule has 18 heavy (non-hydrogen) atoms. The zero-order valence-corrected chi connectivity index (χ0v) is 9.79. The van der Waals surface area contributed by atoms with Gasteiger partial charge in [-0.15, -0.1) is 0 Å². The van der Waals surface area contributed by atoms with Gasteiger partial charge in [-0.25, -0.2) is 0 Å². The van der Waals surface area contributed by atoms with Crippen molar-refractivity contribution in [1.82, 2.24) is 0 Å². The maximum absolute atomic E-state index is 10.5. The molecule has 0 aromatic heterocycles. The van der Waals surface area contributed by atoms with Crippen LogP contribution in [-0.4, -0.2) is 12.0 Å². The summed E-state index contributed by atoms with van der Waals surface area (Å²) in [7, 11) is 1.82. The summed E-state index contributed by atoms with van der Waals surface area (Å²) >= 11 is 0. The van der Waals surface area contributed by atoms with Gasteiger partial charge in [0.15, 0.2) is 0 Å². The number of rotatable bonds is 4. The fraction of sp³-hybridized carbons (Fsp3) is 0.0769. The van der Waals surface area contributed by atoms with E-state index in [1.807, 2.05) is 31.3 Å². The Morgan fingerprint density at radius 1 is 1.11 bits per heavy atom. The molecule has 0 aliphatic heterocycles. The summed E-state index contributed by atoms with van der Waals surface area (Å²) in [5, 5.41) is 13.5. The van der Waals surface area contributed by atoms with E-state index in [0.717, 1.165) is 5.69 Å². The van der Waals surface area contributed by atoms with Gasteiger partial charge in [0, 0.05) is 30.9 Å². The second-order valence-electron chi connectivity index (χ2n) is 3.63. The Kier molecular flexibility index (Phi) is 3.43. The molecule has 0 unspecified atom stereocenters. The van der Waals surface area contributed by atoms with E-state index < -0.39 is 4.92 Å². The molecule has 2 rings (SSSR count). The van der Waals surface area contributed by atoms with Crippen LogP contribution in [0.3, 0.4) is 0 Å². The standard InChI is InChI=1S/C13H12N2O3/c1-14-10-3-2-4-13(9-10)18-12-7-5-11(6-8-12)15(16)17/h2-9,14H,1H3. The van der Waals surface area contributed by atoms with E-state index in [4.69, 9.17) is 4.74 Å². The van der Waals surface area contributed by atoms with Gasteiger partial charge in [-0.1, -0.05) is 6.07 Å². The van der Waals surface area contributed by atoms with E-state index in [1.54, 1.807) is 12.1 Å². The number of nitrogens with zero attached hydrogens (tertiary/aromatic N) is 1. The van der Waals surface area contributed by atoms with Gasteiger partial charge in [-0.05, 0) is 24.3 Å². The number of benzene rings is 2. The molecule has 0 aliphatic rings. The average molecular weight is 244 g/mol. The Morgan fingerprint density at radius 2 is 1.83 bits per heavy atom. The lowest BCUT2D eigenvalue weighted by atomic mass is 10.3. The molecule has 5 heteroatoms. The van der Waals surface area contributed by atoms with Crippen LogP contribution in [0.1, 0.15) is 0 Å². The maximum Gasteiger partial charge on any atom is 0.269 e. The average Bonchev–Trinajstić information content (AvgIpc) is 2.39. The van der Waals surface area contributed by atoms with E-state index in [-0.39, 0.29) is 5.69 Å². The lowest BCUT2D eigenvalue weighted by Gasteiger charge is -2.07. The van der Waals surface area contributed by atoms with E-state index in [1.165, 1.54) is 12.1 Å². The molecule has 92 valence electrons. The smallest absolute Gasteiger partial charge is 0.269 e. The topological polar surface area (TPSA) is 64.4 Å². The molecule has 0 bridgehead atoms. The van der Waals surface area contributed by atoms with Crippen LogP contribution in [0.4, 0.5) is 11.4 Å². The van der Waals surface area contributed by atoms with E-state index in [9.17, 15) is 10.1 Å². The summed E-state index contributed by atoms with van der Waals surface area (Å²) in [6, 6.07) is 13.4. The van der Waals surface area contributed by atoms with Crippen LogP contribution in [-0.2, 0) is 0 Å². The first-order valence-electron chi connectivity index (χ1n) is 5.39. The van der Waals surface area contributed by atoms with Crippen LogP contribution in [0.5, 0.6) is 11.5 Å². The number of ether oxygens (including phenoxy) is 1. The Labute approximate surface area is 104 Å². The van der Waals surface area contributed by atoms with Crippen molar-refractivity contribution < 1.29 is 9.66 Å². The zero-order valence-electron chi connectivity index (χ0n) is 9.79. The lowest BCUT2D eigenvalue weighted by Crippen LogP contribution is -1.90. The highest BCUT2D eigenvalue weighted by Gasteiger charge is 2.05. The fourth-order valence-corrected chi connectivity index (χ4v) is 1.49. The van der Waals surface area contributed by atoms with E-state index in [0.29, 0.717) is 11.5 Å². The summed E-state index contributed by atoms with van der Waals surface area (Å²) in [6.45, 7) is 0. The van der Waals surface area contributed by atoms with Crippen molar-refractivity contribution in [3.05, 3.63) is 58.6 Å². The highest BCUT2D eigenvalue weighted by Crippen LogP contribution is 2.25. The first-order chi connectivity index (χ1) is 8.69. The molecule has 5 nitrogen and oxygen atoms in total. The third kappa shape index (κ3) is 2.76. The molecule has 0 aliphatic carbocycles. The van der Waals surface area contributed by atoms with Gasteiger partial charge >= 0.3 is 0 Å². The summed E-state index contributed by atoms with van der Waals surface area (Å²) in [5.74, 6) is 1.24. The van der Waals surface area contributed by atoms with Crippen molar-refractivity contribution in [2.24, 2.45) is 0 Å². The summed E-state index contributed by atoms with van der Waals surface area (Å²) < 4.78 is 5.59. The van der Waals surface area contributed by atoms with Gasteiger partial charge in [-0.3, -0.25) is 10.1 Å². The van der Waals surface area contributed by atoms with Crippen LogP contribution in [0, 0.1) is 10.1 Å². The van der Waals surface area contributed by atoms with Gasteiger partial charge in [-0.2, -0.15) is 0 Å². The Bertz CT molecular complexity index is 552. The molecule has 0 fully saturated rings. The number of anilines is 1. The van der Waals surface area contributed by atoms with E-state index in [2.05, 4.69) is 5.32 Å². The second-order valence-corrected chi connectivity index (χ2v) is 3.63. The predicted molar refractivity (Wildman–Crippen MR) is 69.2 cm³/mol. The molecular formula is C13H12N2O3. The molecular weight excluding hydrogens is 232 g/mol. The Morgan fingerprint density at radius 3 is 2.44 bits per heavy atom. The molecule has 0 spiro atoms. The Hall–Kier alpha value is -2.56. The summed E-state index contributed by atoms with van der Waals surface area (Å²) in [5.41, 5.74) is 0.987. The number of hydrogen-bond donors (Lipinski definition) is 1. The molecule has 0 radical (unpaired) electrons. The highest BCUT2D eigenvalue weighted by atomic mass is 16.6. The maximum atomic E-state index is 10.5. The van der Waals surface area contributed by atoms with Crippen LogP contribution < -0.4 is 10.1 Å². The molecule has 0 atom stereocenters. The van der Waals surface area contributed by atoms with Gasteiger partial charge < -0.3 is 10.1 Å². The minimum atomic E-state index is -0.439. The number of nitrogens with one attached hydrogen (secondary N) is 1. The summed E-state index contributed by atoms with van der Waals surface area (Å²) in [4.78, 5) is 10.1. The predicted octanol–water partition coefficient (Wildman–Crippen LogP) is 3.43. The quantitative estimate of drug-likeness (QED) is 0.661. The van der Waals surface area contributed by atoms with Gasteiger partial charge in [0.2, 0.25) is 0 Å². The monoisotopic (exact) mass is 244 g/mol. The minimum Gasteiger partial charge on any atom is -0.457 e. The molecule has 0 amide bonds. The third-order valence-electron chi connectivity index (χ3n) is 2.41. The highest BCUT2D eigenvalue weighted by molar-refractivity contribution is 5.49. The van der Waals surface area contributed by atoms with Gasteiger partial charge in [0.1, 0.15) is 11.5 Å². The van der Waals surface area contributed by atoms with Crippen molar-refractivity contribution in [3.8, 4) is 11.5 Å². The Balaban J connectivity index is 2.15. The first kappa shape index (κ1) is 11.9. The number of nitro groups is 1. The van der Waals surface area contributed by atoms with E-state index >= 15 is 0 Å². The number of hydrogen-bond acceptors (Lipinski definition) is 4. The van der Waals surface area contributed by atoms with Gasteiger partial charge in [0.05, 0.1) is 4.92 Å². The first-order valence-corrected chi connectivity index (χ1v) is 5.39. The lowest BCUT2D eigenvalue weighted by molar-refractivity contribution is -0.384. The zero-order chi connectivity index (χ0) is 13.0. The van der Waals surface area contributed by atoms with Crippen LogP contribution in [0.2, 0.25) is 0 Å². The molecule has 0 saturated carbocycles. The van der Waals surface area contributed by atoms with Crippen LogP contribution in [0.25, 0.3) is 0 Å². The molecule has 2 aromatic rings. The minimum absolute atomic E-state index is 0.0475. The van der Waals surface area contributed by atoms with Crippen molar-refractivity contribution in [3.63, 3.8) is 0 Å². The van der Waals surface area contributed by atoms with Crippen molar-refractivity contribution >= 4 is 11.4 Å². The number of non-ortho nitro benzene ring substituents is 1. The molecule has 0 saturated heterocycles. The SMILES string of the molecule is CNc1cccc(Oc2ccc([N+](=O)[O-])cc2)c1. The van der Waals surface area contributed by atoms with Crippen molar-refractivity contribution in [1.29, 1.82) is 0 Å². The third-order valence-corrected chi connectivity index (χ3v) is 2.41. The molecule has 0 heterocycles.